The standard InChI is InChI=1S/C14H27NO4/c1-11(2)9-14(5,6)19-18-10-15-7-8-17-13(16)12(3)4/h11,15H,3,7-10H2,1-2,4-6H3. The summed E-state index contributed by atoms with van der Waals surface area (Å²) >= 11 is 0. The van der Waals surface area contributed by atoms with Gasteiger partial charge in [-0.25, -0.2) is 14.6 Å². The summed E-state index contributed by atoms with van der Waals surface area (Å²) in [6, 6.07) is 0. The molecule has 112 valence electrons. The molecule has 0 aliphatic carbocycles. The van der Waals surface area contributed by atoms with Crippen molar-refractivity contribution in [3.63, 3.8) is 0 Å². The largest absolute Gasteiger partial charge is 0.461 e. The Kier molecular flexibility index (Phi) is 8.63. The smallest absolute Gasteiger partial charge is 0.333 e. The lowest BCUT2D eigenvalue weighted by molar-refractivity contribution is -0.359. The molecule has 0 aromatic heterocycles. The molecule has 0 aliphatic rings. The minimum atomic E-state index is -0.378. The molecule has 0 bridgehead atoms. The summed E-state index contributed by atoms with van der Waals surface area (Å²) in [7, 11) is 0. The lowest BCUT2D eigenvalue weighted by atomic mass is 9.97. The highest BCUT2D eigenvalue weighted by molar-refractivity contribution is 5.86. The molecule has 0 aromatic rings. The van der Waals surface area contributed by atoms with Crippen molar-refractivity contribution in [3.05, 3.63) is 12.2 Å². The van der Waals surface area contributed by atoms with Crippen LogP contribution in [0.5, 0.6) is 0 Å². The van der Waals surface area contributed by atoms with Gasteiger partial charge >= 0.3 is 5.97 Å². The summed E-state index contributed by atoms with van der Waals surface area (Å²) in [6.45, 7) is 14.4. The zero-order valence-corrected chi connectivity index (χ0v) is 12.7. The molecule has 0 fully saturated rings. The lowest BCUT2D eigenvalue weighted by Crippen LogP contribution is -2.30. The molecule has 0 unspecified atom stereocenters. The van der Waals surface area contributed by atoms with Crippen LogP contribution in [0.4, 0.5) is 0 Å². The van der Waals surface area contributed by atoms with Crippen LogP contribution in [-0.2, 0) is 19.3 Å². The van der Waals surface area contributed by atoms with Gasteiger partial charge in [0, 0.05) is 12.1 Å². The van der Waals surface area contributed by atoms with Crippen molar-refractivity contribution in [1.82, 2.24) is 5.32 Å². The van der Waals surface area contributed by atoms with Gasteiger partial charge < -0.3 is 4.74 Å². The number of carbonyl (C=O) groups is 1. The number of hydrogen-bond acceptors (Lipinski definition) is 5. The van der Waals surface area contributed by atoms with Crippen LogP contribution in [0.1, 0.15) is 41.0 Å². The predicted molar refractivity (Wildman–Crippen MR) is 74.3 cm³/mol. The maximum atomic E-state index is 11.1. The van der Waals surface area contributed by atoms with E-state index in [1.807, 2.05) is 13.8 Å². The maximum absolute atomic E-state index is 11.1. The molecule has 19 heavy (non-hydrogen) atoms. The third kappa shape index (κ3) is 10.7. The van der Waals surface area contributed by atoms with Crippen LogP contribution in [0, 0.1) is 5.92 Å². The van der Waals surface area contributed by atoms with E-state index in [0.717, 1.165) is 6.42 Å². The van der Waals surface area contributed by atoms with E-state index in [9.17, 15) is 4.79 Å². The molecule has 0 heterocycles. The second-order valence-electron chi connectivity index (χ2n) is 5.62. The molecule has 1 N–H and O–H groups in total. The molecule has 0 saturated heterocycles. The summed E-state index contributed by atoms with van der Waals surface area (Å²) in [6.07, 6.45) is 0.920. The molecule has 0 saturated carbocycles. The summed E-state index contributed by atoms with van der Waals surface area (Å²) in [5, 5.41) is 2.95. The second kappa shape index (κ2) is 9.07. The van der Waals surface area contributed by atoms with E-state index in [2.05, 4.69) is 25.7 Å². The molecule has 0 radical (unpaired) electrons. The Morgan fingerprint density at radius 1 is 1.37 bits per heavy atom. The van der Waals surface area contributed by atoms with Gasteiger partial charge in [-0.05, 0) is 33.1 Å². The monoisotopic (exact) mass is 273 g/mol. The van der Waals surface area contributed by atoms with Gasteiger partial charge in [0.1, 0.15) is 13.3 Å². The first kappa shape index (κ1) is 18.1. The van der Waals surface area contributed by atoms with E-state index in [1.165, 1.54) is 0 Å². The first-order chi connectivity index (χ1) is 8.74. The number of esters is 1. The zero-order chi connectivity index (χ0) is 14.9. The van der Waals surface area contributed by atoms with Crippen LogP contribution >= 0.6 is 0 Å². The van der Waals surface area contributed by atoms with Crippen molar-refractivity contribution in [2.45, 2.75) is 46.6 Å². The first-order valence-electron chi connectivity index (χ1n) is 6.58. The number of rotatable bonds is 10. The fourth-order valence-electron chi connectivity index (χ4n) is 1.66. The first-order valence-corrected chi connectivity index (χ1v) is 6.58. The van der Waals surface area contributed by atoms with Crippen molar-refractivity contribution in [2.75, 3.05) is 19.9 Å². The Bertz CT molecular complexity index is 287. The Labute approximate surface area is 116 Å². The van der Waals surface area contributed by atoms with Gasteiger partial charge in [-0.3, -0.25) is 5.32 Å². The Balaban J connectivity index is 3.50. The summed E-state index contributed by atoms with van der Waals surface area (Å²) in [4.78, 5) is 21.5. The van der Waals surface area contributed by atoms with E-state index in [1.54, 1.807) is 6.92 Å². The third-order valence-electron chi connectivity index (χ3n) is 2.21. The van der Waals surface area contributed by atoms with Crippen molar-refractivity contribution in [2.24, 2.45) is 5.92 Å². The molecule has 0 atom stereocenters. The molecular weight excluding hydrogens is 246 g/mol. The van der Waals surface area contributed by atoms with Crippen LogP contribution in [0.15, 0.2) is 12.2 Å². The van der Waals surface area contributed by atoms with Gasteiger partial charge in [-0.2, -0.15) is 0 Å². The van der Waals surface area contributed by atoms with Gasteiger partial charge in [-0.15, -0.1) is 0 Å². The van der Waals surface area contributed by atoms with Crippen molar-refractivity contribution in [3.8, 4) is 0 Å². The Hall–Kier alpha value is -0.910. The van der Waals surface area contributed by atoms with Crippen molar-refractivity contribution in [1.29, 1.82) is 0 Å². The average molecular weight is 273 g/mol. The molecule has 5 heteroatoms. The summed E-state index contributed by atoms with van der Waals surface area (Å²) in [5.74, 6) is 0.171. The average Bonchev–Trinajstić information content (AvgIpc) is 2.25. The van der Waals surface area contributed by atoms with Crippen LogP contribution < -0.4 is 5.32 Å². The molecule has 5 nitrogen and oxygen atoms in total. The fraction of sp³-hybridized carbons (Fsp3) is 0.786. The zero-order valence-electron chi connectivity index (χ0n) is 12.7. The van der Waals surface area contributed by atoms with Crippen LogP contribution in [0.3, 0.4) is 0 Å². The number of ether oxygens (including phenoxy) is 1. The van der Waals surface area contributed by atoms with E-state index in [0.29, 0.717) is 18.0 Å². The normalized spacial score (nSPS) is 11.7. The van der Waals surface area contributed by atoms with Gasteiger partial charge in [-0.1, -0.05) is 20.4 Å². The number of nitrogens with one attached hydrogen (secondary N) is 1. The van der Waals surface area contributed by atoms with Gasteiger partial charge in [0.05, 0.1) is 5.60 Å². The molecular formula is C14H27NO4. The lowest BCUT2D eigenvalue weighted by Gasteiger charge is -2.25. The highest BCUT2D eigenvalue weighted by atomic mass is 17.2. The fourth-order valence-corrected chi connectivity index (χ4v) is 1.66. The van der Waals surface area contributed by atoms with E-state index in [4.69, 9.17) is 14.5 Å². The molecule has 0 aliphatic heterocycles. The molecule has 0 rings (SSSR count). The third-order valence-corrected chi connectivity index (χ3v) is 2.21. The van der Waals surface area contributed by atoms with Crippen molar-refractivity contribution < 1.29 is 19.3 Å². The minimum absolute atomic E-state index is 0.256. The second-order valence-corrected chi connectivity index (χ2v) is 5.62. The molecule has 0 aromatic carbocycles. The van der Waals surface area contributed by atoms with Crippen LogP contribution in [0.2, 0.25) is 0 Å². The van der Waals surface area contributed by atoms with Crippen LogP contribution in [-0.4, -0.2) is 31.5 Å². The number of hydrogen-bond donors (Lipinski definition) is 1. The highest BCUT2D eigenvalue weighted by Crippen LogP contribution is 2.19. The summed E-state index contributed by atoms with van der Waals surface area (Å²) < 4.78 is 4.91. The maximum Gasteiger partial charge on any atom is 0.333 e. The van der Waals surface area contributed by atoms with E-state index in [-0.39, 0.29) is 24.9 Å². The van der Waals surface area contributed by atoms with Crippen molar-refractivity contribution >= 4 is 5.97 Å². The van der Waals surface area contributed by atoms with Gasteiger partial charge in [0.25, 0.3) is 0 Å². The van der Waals surface area contributed by atoms with E-state index < -0.39 is 0 Å². The Morgan fingerprint density at radius 2 is 2.00 bits per heavy atom. The quantitative estimate of drug-likeness (QED) is 0.165. The predicted octanol–water partition coefficient (Wildman–Crippen LogP) is 2.43. The highest BCUT2D eigenvalue weighted by Gasteiger charge is 2.21. The van der Waals surface area contributed by atoms with Crippen LogP contribution in [0.25, 0.3) is 0 Å². The summed E-state index contributed by atoms with van der Waals surface area (Å²) in [5.41, 5.74) is 0.0949. The van der Waals surface area contributed by atoms with Gasteiger partial charge in [0.15, 0.2) is 0 Å². The Morgan fingerprint density at radius 3 is 2.53 bits per heavy atom. The minimum Gasteiger partial charge on any atom is -0.461 e. The number of carbonyl (C=O) groups excluding carboxylic acids is 1. The molecule has 0 amide bonds. The SMILES string of the molecule is C=C(C)C(=O)OCCNCOOC(C)(C)CC(C)C. The topological polar surface area (TPSA) is 56.8 Å². The van der Waals surface area contributed by atoms with Gasteiger partial charge in [0.2, 0.25) is 0 Å². The van der Waals surface area contributed by atoms with E-state index >= 15 is 0 Å². The molecule has 0 spiro atoms.